The van der Waals surface area contributed by atoms with Crippen LogP contribution in [0.2, 0.25) is 0 Å². The monoisotopic (exact) mass is 447 g/mol. The number of azide groups is 1. The van der Waals surface area contributed by atoms with Crippen molar-refractivity contribution in [3.05, 3.63) is 117 Å². The molecule has 0 spiro atoms. The van der Waals surface area contributed by atoms with Crippen molar-refractivity contribution in [1.29, 1.82) is 0 Å². The molecule has 0 bridgehead atoms. The smallest absolute Gasteiger partial charge is 0.261 e. The van der Waals surface area contributed by atoms with Crippen molar-refractivity contribution >= 4 is 11.8 Å². The Kier molecular flexibility index (Phi) is 5.84. The maximum Gasteiger partial charge on any atom is 0.261 e. The molecular formula is C27H21N5O2. The number of benzene rings is 3. The molecule has 2 aliphatic rings. The Morgan fingerprint density at radius 3 is 2.03 bits per heavy atom. The molecule has 1 saturated heterocycles. The van der Waals surface area contributed by atoms with Crippen LogP contribution in [0.25, 0.3) is 10.4 Å². The fraction of sp³-hybridized carbons (Fsp3) is 0.185. The number of carbonyl (C=O) groups excluding carboxylic acids is 2. The lowest BCUT2D eigenvalue weighted by molar-refractivity contribution is 0.0590. The summed E-state index contributed by atoms with van der Waals surface area (Å²) in [6, 6.07) is 24.4. The molecule has 2 amide bonds. The number of nitrogens with zero attached hydrogens (tertiary/aromatic N) is 4. The van der Waals surface area contributed by atoms with Gasteiger partial charge in [-0.25, -0.2) is 0 Å². The zero-order chi connectivity index (χ0) is 23.5. The van der Waals surface area contributed by atoms with Gasteiger partial charge in [-0.3, -0.25) is 14.5 Å². The number of carbonyl (C=O) groups is 2. The molecule has 0 aromatic heterocycles. The standard InChI is InChI=1S/C27H21N5O2/c28-31-29-16-23-25(20-14-12-19(13-15-20)11-10-18-6-2-1-3-7-18)24(30-23)17-32-26(33)21-8-4-5-9-22(21)27(32)34/h1-9,12-15,23-25,30H,16-17H2/t23-,24+,25+/m0/s1. The summed E-state index contributed by atoms with van der Waals surface area (Å²) in [5, 5.41) is 7.11. The van der Waals surface area contributed by atoms with Gasteiger partial charge in [0.2, 0.25) is 0 Å². The van der Waals surface area contributed by atoms with E-state index in [-0.39, 0.29) is 42.9 Å². The first-order valence-corrected chi connectivity index (χ1v) is 11.0. The molecule has 7 heteroatoms. The highest BCUT2D eigenvalue weighted by atomic mass is 16.2. The second kappa shape index (κ2) is 9.24. The number of fused-ring (bicyclic) bond motifs is 1. The van der Waals surface area contributed by atoms with E-state index in [0.29, 0.717) is 11.1 Å². The molecule has 3 aromatic rings. The van der Waals surface area contributed by atoms with Gasteiger partial charge in [-0.2, -0.15) is 0 Å². The topological polar surface area (TPSA) is 98.2 Å². The number of amides is 2. The first-order chi connectivity index (χ1) is 16.7. The Morgan fingerprint density at radius 1 is 0.824 bits per heavy atom. The van der Waals surface area contributed by atoms with Crippen LogP contribution in [0.5, 0.6) is 0 Å². The van der Waals surface area contributed by atoms with E-state index >= 15 is 0 Å². The van der Waals surface area contributed by atoms with E-state index in [2.05, 4.69) is 27.2 Å². The van der Waals surface area contributed by atoms with Crippen molar-refractivity contribution in [3.63, 3.8) is 0 Å². The molecule has 3 aromatic carbocycles. The number of hydrogen-bond acceptors (Lipinski definition) is 4. The Morgan fingerprint density at radius 2 is 1.41 bits per heavy atom. The Labute approximate surface area is 197 Å². The van der Waals surface area contributed by atoms with E-state index < -0.39 is 0 Å². The molecule has 34 heavy (non-hydrogen) atoms. The van der Waals surface area contributed by atoms with Gasteiger partial charge in [0, 0.05) is 47.1 Å². The molecule has 166 valence electrons. The maximum absolute atomic E-state index is 12.8. The normalized spacial score (nSPS) is 20.6. The van der Waals surface area contributed by atoms with Gasteiger partial charge in [0.1, 0.15) is 0 Å². The molecule has 7 nitrogen and oxygen atoms in total. The molecule has 3 atom stereocenters. The number of hydrogen-bond donors (Lipinski definition) is 1. The summed E-state index contributed by atoms with van der Waals surface area (Å²) >= 11 is 0. The van der Waals surface area contributed by atoms with Crippen LogP contribution < -0.4 is 5.32 Å². The molecule has 0 radical (unpaired) electrons. The predicted octanol–water partition coefficient (Wildman–Crippen LogP) is 4.12. The van der Waals surface area contributed by atoms with Gasteiger partial charge in [-0.15, -0.1) is 0 Å². The lowest BCUT2D eigenvalue weighted by Crippen LogP contribution is -2.64. The van der Waals surface area contributed by atoms with Gasteiger partial charge in [0.15, 0.2) is 0 Å². The quantitative estimate of drug-likeness (QED) is 0.209. The van der Waals surface area contributed by atoms with Crippen LogP contribution in [0, 0.1) is 11.8 Å². The number of imide groups is 1. The Bertz CT molecular complexity index is 1320. The summed E-state index contributed by atoms with van der Waals surface area (Å²) in [6.07, 6.45) is 0. The van der Waals surface area contributed by atoms with Crippen LogP contribution in [-0.2, 0) is 0 Å². The molecule has 2 heterocycles. The van der Waals surface area contributed by atoms with Crippen molar-refractivity contribution in [2.75, 3.05) is 13.1 Å². The number of nitrogens with one attached hydrogen (secondary N) is 1. The third-order valence-electron chi connectivity index (χ3n) is 6.31. The third kappa shape index (κ3) is 4.04. The summed E-state index contributed by atoms with van der Waals surface area (Å²) in [4.78, 5) is 29.8. The van der Waals surface area contributed by atoms with Crippen LogP contribution in [-0.4, -0.2) is 41.9 Å². The largest absolute Gasteiger partial charge is 0.308 e. The molecule has 0 aliphatic carbocycles. The third-order valence-corrected chi connectivity index (χ3v) is 6.31. The summed E-state index contributed by atoms with van der Waals surface area (Å²) in [5.41, 5.74) is 12.5. The zero-order valence-corrected chi connectivity index (χ0v) is 18.3. The van der Waals surface area contributed by atoms with E-state index in [4.69, 9.17) is 5.53 Å². The second-order valence-electron chi connectivity index (χ2n) is 8.32. The zero-order valence-electron chi connectivity index (χ0n) is 18.3. The van der Waals surface area contributed by atoms with Gasteiger partial charge in [-0.1, -0.05) is 59.4 Å². The van der Waals surface area contributed by atoms with Crippen molar-refractivity contribution in [3.8, 4) is 11.8 Å². The van der Waals surface area contributed by atoms with Gasteiger partial charge in [0.05, 0.1) is 11.1 Å². The SMILES string of the molecule is [N-]=[N+]=NC[C@@H]1N[C@H](CN2C(=O)c3ccccc3C2=O)[C@@H]1c1ccc(C#Cc2ccccc2)cc1. The van der Waals surface area contributed by atoms with E-state index in [0.717, 1.165) is 16.7 Å². The molecule has 1 N–H and O–H groups in total. The van der Waals surface area contributed by atoms with E-state index in [9.17, 15) is 9.59 Å². The highest BCUT2D eigenvalue weighted by molar-refractivity contribution is 6.21. The molecule has 1 fully saturated rings. The van der Waals surface area contributed by atoms with Crippen LogP contribution in [0.15, 0.2) is 84.0 Å². The molecule has 2 aliphatic heterocycles. The summed E-state index contributed by atoms with van der Waals surface area (Å²) in [6.45, 7) is 0.536. The van der Waals surface area contributed by atoms with Crippen LogP contribution in [0.1, 0.15) is 43.3 Å². The predicted molar refractivity (Wildman–Crippen MR) is 128 cm³/mol. The van der Waals surface area contributed by atoms with Crippen molar-refractivity contribution < 1.29 is 9.59 Å². The first-order valence-electron chi connectivity index (χ1n) is 11.0. The lowest BCUT2D eigenvalue weighted by atomic mass is 9.77. The van der Waals surface area contributed by atoms with Gasteiger partial charge in [-0.05, 0) is 47.5 Å². The Hall–Kier alpha value is -4.37. The molecule has 0 unspecified atom stereocenters. The average Bonchev–Trinajstić information content (AvgIpc) is 3.10. The minimum atomic E-state index is -0.272. The van der Waals surface area contributed by atoms with Gasteiger partial charge in [0.25, 0.3) is 11.8 Å². The first kappa shape index (κ1) is 21.5. The van der Waals surface area contributed by atoms with Crippen LogP contribution >= 0.6 is 0 Å². The van der Waals surface area contributed by atoms with E-state index in [1.807, 2.05) is 54.6 Å². The van der Waals surface area contributed by atoms with Crippen molar-refractivity contribution in [1.82, 2.24) is 10.2 Å². The minimum Gasteiger partial charge on any atom is -0.308 e. The van der Waals surface area contributed by atoms with Gasteiger partial charge < -0.3 is 5.32 Å². The van der Waals surface area contributed by atoms with Crippen molar-refractivity contribution in [2.24, 2.45) is 5.11 Å². The second-order valence-corrected chi connectivity index (χ2v) is 8.32. The van der Waals surface area contributed by atoms with E-state index in [1.165, 1.54) is 4.90 Å². The van der Waals surface area contributed by atoms with Crippen molar-refractivity contribution in [2.45, 2.75) is 18.0 Å². The fourth-order valence-electron chi connectivity index (χ4n) is 4.62. The summed E-state index contributed by atoms with van der Waals surface area (Å²) < 4.78 is 0. The van der Waals surface area contributed by atoms with E-state index in [1.54, 1.807) is 24.3 Å². The Balaban J connectivity index is 1.35. The van der Waals surface area contributed by atoms with Gasteiger partial charge >= 0.3 is 0 Å². The minimum absolute atomic E-state index is 0.00838. The summed E-state index contributed by atoms with van der Waals surface area (Å²) in [7, 11) is 0. The fourth-order valence-corrected chi connectivity index (χ4v) is 4.62. The highest BCUT2D eigenvalue weighted by Crippen LogP contribution is 2.35. The van der Waals surface area contributed by atoms with Crippen LogP contribution in [0.3, 0.4) is 0 Å². The molecule has 0 saturated carbocycles. The summed E-state index contributed by atoms with van der Waals surface area (Å²) in [5.74, 6) is 5.77. The number of rotatable bonds is 5. The maximum atomic E-state index is 12.8. The lowest BCUT2D eigenvalue weighted by Gasteiger charge is -2.47. The molecular weight excluding hydrogens is 426 g/mol. The van der Waals surface area contributed by atoms with Crippen LogP contribution in [0.4, 0.5) is 0 Å². The average molecular weight is 447 g/mol. The highest BCUT2D eigenvalue weighted by Gasteiger charge is 2.45. The molecule has 5 rings (SSSR count).